The van der Waals surface area contributed by atoms with E-state index in [0.717, 1.165) is 4.90 Å². The summed E-state index contributed by atoms with van der Waals surface area (Å²) in [5.41, 5.74) is -1.39. The quantitative estimate of drug-likeness (QED) is 0.261. The summed E-state index contributed by atoms with van der Waals surface area (Å²) in [6.07, 6.45) is 2.35. The molecule has 0 saturated carbocycles. The summed E-state index contributed by atoms with van der Waals surface area (Å²) in [5.74, 6) is -2.50. The predicted molar refractivity (Wildman–Crippen MR) is 113 cm³/mol. The molecule has 5 rings (SSSR count). The van der Waals surface area contributed by atoms with Gasteiger partial charge in [-0.05, 0) is 49.2 Å². The molecule has 3 heterocycles. The van der Waals surface area contributed by atoms with E-state index in [9.17, 15) is 19.5 Å². The molecular formula is C24H19NO7. The van der Waals surface area contributed by atoms with E-state index in [1.54, 1.807) is 48.5 Å². The van der Waals surface area contributed by atoms with Crippen LogP contribution in [0.25, 0.3) is 5.76 Å². The van der Waals surface area contributed by atoms with Gasteiger partial charge in [-0.1, -0.05) is 12.1 Å². The number of rotatable bonds is 3. The van der Waals surface area contributed by atoms with E-state index < -0.39 is 29.0 Å². The van der Waals surface area contributed by atoms with E-state index in [-0.39, 0.29) is 22.6 Å². The van der Waals surface area contributed by atoms with Crippen molar-refractivity contribution in [2.75, 3.05) is 18.6 Å². The molecule has 3 aliphatic heterocycles. The van der Waals surface area contributed by atoms with Crippen molar-refractivity contribution in [1.82, 2.24) is 0 Å². The number of amides is 1. The molecule has 0 aliphatic carbocycles. The van der Waals surface area contributed by atoms with Crippen molar-refractivity contribution in [1.29, 1.82) is 0 Å². The lowest BCUT2D eigenvalue weighted by molar-refractivity contribution is -0.139. The van der Waals surface area contributed by atoms with Crippen LogP contribution >= 0.6 is 0 Å². The third-order valence-electron chi connectivity index (χ3n) is 5.92. The molecule has 1 unspecified atom stereocenters. The number of para-hydroxylation sites is 2. The van der Waals surface area contributed by atoms with Crippen LogP contribution in [0.1, 0.15) is 18.4 Å². The summed E-state index contributed by atoms with van der Waals surface area (Å²) in [6.45, 7) is 0.441. The monoisotopic (exact) mass is 433 g/mol. The molecule has 3 aliphatic rings. The number of fused-ring (bicyclic) bond motifs is 3. The van der Waals surface area contributed by atoms with Crippen LogP contribution in [0.15, 0.2) is 65.9 Å². The number of aliphatic hydroxyl groups is 1. The van der Waals surface area contributed by atoms with Crippen LogP contribution in [0, 0.1) is 0 Å². The number of nitrogens with zero attached hydrogens (tertiary/aromatic N) is 1. The average Bonchev–Trinajstić information content (AvgIpc) is 3.08. The Kier molecular flexibility index (Phi) is 4.51. The summed E-state index contributed by atoms with van der Waals surface area (Å²) in [4.78, 5) is 41.3. The van der Waals surface area contributed by atoms with Gasteiger partial charge in [0.05, 0.1) is 31.2 Å². The summed E-state index contributed by atoms with van der Waals surface area (Å²) in [7, 11) is 1.50. The SMILES string of the molecule is COc1ccc(/C(O)=C2\C(=O)C(=O)N3c4ccccc4OC(=O)C23C2=COCCC2)cc1. The van der Waals surface area contributed by atoms with Crippen molar-refractivity contribution in [2.24, 2.45) is 0 Å². The van der Waals surface area contributed by atoms with E-state index in [1.807, 2.05) is 0 Å². The van der Waals surface area contributed by atoms with Gasteiger partial charge in [-0.2, -0.15) is 0 Å². The molecule has 8 heteroatoms. The van der Waals surface area contributed by atoms with E-state index >= 15 is 0 Å². The zero-order valence-electron chi connectivity index (χ0n) is 17.2. The van der Waals surface area contributed by atoms with E-state index in [4.69, 9.17) is 14.2 Å². The van der Waals surface area contributed by atoms with Gasteiger partial charge in [0.1, 0.15) is 11.5 Å². The number of ketones is 1. The molecule has 0 spiro atoms. The molecule has 162 valence electrons. The number of carbonyl (C=O) groups excluding carboxylic acids is 3. The third-order valence-corrected chi connectivity index (χ3v) is 5.92. The number of hydrogen-bond acceptors (Lipinski definition) is 7. The zero-order chi connectivity index (χ0) is 22.5. The molecule has 1 N–H and O–H groups in total. The van der Waals surface area contributed by atoms with Gasteiger partial charge in [0, 0.05) is 11.1 Å². The number of esters is 1. The van der Waals surface area contributed by atoms with Crippen LogP contribution in [0.3, 0.4) is 0 Å². The van der Waals surface area contributed by atoms with Gasteiger partial charge < -0.3 is 19.3 Å². The maximum atomic E-state index is 13.6. The summed E-state index contributed by atoms with van der Waals surface area (Å²) < 4.78 is 16.2. The Hall–Kier alpha value is -4.07. The average molecular weight is 433 g/mol. The van der Waals surface area contributed by atoms with Gasteiger partial charge >= 0.3 is 11.9 Å². The number of Topliss-reactive ketones (excluding diaryl/α,β-unsaturated/α-hetero) is 1. The summed E-state index contributed by atoms with van der Waals surface area (Å²) in [5, 5.41) is 11.2. The zero-order valence-corrected chi connectivity index (χ0v) is 17.2. The van der Waals surface area contributed by atoms with Gasteiger partial charge in [-0.3, -0.25) is 14.5 Å². The van der Waals surface area contributed by atoms with Gasteiger partial charge in [0.25, 0.3) is 5.78 Å². The van der Waals surface area contributed by atoms with Crippen LogP contribution < -0.4 is 14.4 Å². The minimum Gasteiger partial charge on any atom is -0.507 e. The number of aliphatic hydroxyl groups excluding tert-OH is 1. The molecule has 32 heavy (non-hydrogen) atoms. The van der Waals surface area contributed by atoms with Crippen LogP contribution in [-0.4, -0.2) is 42.0 Å². The first kappa shape index (κ1) is 19.9. The number of hydrogen-bond donors (Lipinski definition) is 1. The second-order valence-corrected chi connectivity index (χ2v) is 7.61. The molecule has 1 fully saturated rings. The van der Waals surface area contributed by atoms with Crippen molar-refractivity contribution in [3.63, 3.8) is 0 Å². The summed E-state index contributed by atoms with van der Waals surface area (Å²) in [6, 6.07) is 12.8. The standard InChI is InChI=1S/C24H19NO7/c1-30-16-10-8-14(9-11-16)20(26)19-21(27)22(28)25-17-6-2-3-7-18(17)32-23(29)24(19,25)15-5-4-12-31-13-15/h2-3,6-11,13,26H,4-5,12H2,1H3/b20-19-. The van der Waals surface area contributed by atoms with Crippen molar-refractivity contribution in [3.8, 4) is 11.5 Å². The lowest BCUT2D eigenvalue weighted by Crippen LogP contribution is -2.59. The molecule has 1 amide bonds. The highest BCUT2D eigenvalue weighted by Crippen LogP contribution is 2.52. The number of methoxy groups -OCH3 is 1. The predicted octanol–water partition coefficient (Wildman–Crippen LogP) is 2.93. The first-order valence-electron chi connectivity index (χ1n) is 10.1. The number of anilines is 1. The molecule has 1 atom stereocenters. The Bertz CT molecular complexity index is 1210. The Morgan fingerprint density at radius 2 is 1.84 bits per heavy atom. The van der Waals surface area contributed by atoms with Crippen molar-refractivity contribution >= 4 is 29.1 Å². The Balaban J connectivity index is 1.82. The van der Waals surface area contributed by atoms with Gasteiger partial charge in [0.15, 0.2) is 5.75 Å². The molecular weight excluding hydrogens is 414 g/mol. The van der Waals surface area contributed by atoms with Crippen LogP contribution in [0.2, 0.25) is 0 Å². The largest absolute Gasteiger partial charge is 0.507 e. The van der Waals surface area contributed by atoms with Crippen LogP contribution in [0.5, 0.6) is 11.5 Å². The maximum absolute atomic E-state index is 13.6. The minimum absolute atomic E-state index is 0.164. The minimum atomic E-state index is -1.95. The molecule has 0 aromatic heterocycles. The lowest BCUT2D eigenvalue weighted by atomic mass is 9.78. The van der Waals surface area contributed by atoms with E-state index in [2.05, 4.69) is 0 Å². The highest BCUT2D eigenvalue weighted by Gasteiger charge is 2.67. The topological polar surface area (TPSA) is 102 Å². The fourth-order valence-electron chi connectivity index (χ4n) is 4.46. The summed E-state index contributed by atoms with van der Waals surface area (Å²) >= 11 is 0. The van der Waals surface area contributed by atoms with E-state index in [0.29, 0.717) is 30.8 Å². The van der Waals surface area contributed by atoms with Gasteiger partial charge in [-0.25, -0.2) is 4.79 Å². The van der Waals surface area contributed by atoms with Crippen molar-refractivity contribution < 1.29 is 33.7 Å². The Morgan fingerprint density at radius 1 is 1.09 bits per heavy atom. The number of carbonyl (C=O) groups is 3. The maximum Gasteiger partial charge on any atom is 0.347 e. The second-order valence-electron chi connectivity index (χ2n) is 7.61. The smallest absolute Gasteiger partial charge is 0.347 e. The first-order valence-corrected chi connectivity index (χ1v) is 10.1. The van der Waals surface area contributed by atoms with Crippen LogP contribution in [0.4, 0.5) is 5.69 Å². The second kappa shape index (κ2) is 7.26. The van der Waals surface area contributed by atoms with Crippen molar-refractivity contribution in [2.45, 2.75) is 18.4 Å². The van der Waals surface area contributed by atoms with Crippen LogP contribution in [-0.2, 0) is 19.1 Å². The molecule has 1 saturated heterocycles. The normalized spacial score (nSPS) is 23.6. The Morgan fingerprint density at radius 3 is 2.53 bits per heavy atom. The van der Waals surface area contributed by atoms with Gasteiger partial charge in [-0.15, -0.1) is 0 Å². The molecule has 2 aromatic rings. The highest BCUT2D eigenvalue weighted by atomic mass is 16.5. The molecule has 8 nitrogen and oxygen atoms in total. The fraction of sp³-hybridized carbons (Fsp3) is 0.208. The lowest BCUT2D eigenvalue weighted by Gasteiger charge is -2.42. The van der Waals surface area contributed by atoms with E-state index in [1.165, 1.54) is 13.4 Å². The number of ether oxygens (including phenoxy) is 3. The molecule has 0 bridgehead atoms. The number of benzene rings is 2. The molecule has 2 aromatic carbocycles. The first-order chi connectivity index (χ1) is 15.5. The van der Waals surface area contributed by atoms with Crippen molar-refractivity contribution in [3.05, 3.63) is 71.5 Å². The third kappa shape index (κ3) is 2.59. The fourth-order valence-corrected chi connectivity index (χ4v) is 4.46. The Labute approximate surface area is 183 Å². The van der Waals surface area contributed by atoms with Gasteiger partial charge in [0.2, 0.25) is 5.54 Å². The molecule has 0 radical (unpaired) electrons. The highest BCUT2D eigenvalue weighted by molar-refractivity contribution is 6.55.